The third-order valence-electron chi connectivity index (χ3n) is 8.31. The Hall–Kier alpha value is -4.75. The van der Waals surface area contributed by atoms with Gasteiger partial charge in [0.05, 0.1) is 18.7 Å². The van der Waals surface area contributed by atoms with Gasteiger partial charge in [0.1, 0.15) is 11.5 Å². The van der Waals surface area contributed by atoms with Gasteiger partial charge in [-0.2, -0.15) is 13.2 Å². The fourth-order valence-corrected chi connectivity index (χ4v) is 5.85. The summed E-state index contributed by atoms with van der Waals surface area (Å²) in [5.74, 6) is -1.64. The Morgan fingerprint density at radius 3 is 2.22 bits per heavy atom. The molecular formula is C33H34F4N6O3. The van der Waals surface area contributed by atoms with Gasteiger partial charge >= 0.3 is 11.9 Å². The molecule has 0 radical (unpaired) electrons. The number of rotatable bonds is 9. The van der Waals surface area contributed by atoms with Gasteiger partial charge in [0, 0.05) is 55.6 Å². The van der Waals surface area contributed by atoms with Crippen LogP contribution in [0.3, 0.4) is 0 Å². The molecular weight excluding hydrogens is 604 g/mol. The van der Waals surface area contributed by atoms with Crippen molar-refractivity contribution in [1.82, 2.24) is 14.0 Å². The molecule has 0 spiro atoms. The van der Waals surface area contributed by atoms with Gasteiger partial charge in [0.2, 0.25) is 5.91 Å². The van der Waals surface area contributed by atoms with Crippen molar-refractivity contribution in [3.8, 4) is 0 Å². The number of carbonyl (C=O) groups excluding carboxylic acids is 1. The van der Waals surface area contributed by atoms with Crippen molar-refractivity contribution in [1.29, 1.82) is 0 Å². The quantitative estimate of drug-likeness (QED) is 0.270. The minimum absolute atomic E-state index is 0.124. The number of alkyl halides is 3. The molecule has 1 aromatic heterocycles. The second kappa shape index (κ2) is 13.3. The van der Waals surface area contributed by atoms with Crippen LogP contribution in [-0.4, -0.2) is 46.1 Å². The van der Waals surface area contributed by atoms with Crippen molar-refractivity contribution < 1.29 is 22.4 Å². The number of amides is 1. The molecule has 1 atom stereocenters. The molecule has 0 aliphatic carbocycles. The van der Waals surface area contributed by atoms with E-state index < -0.39 is 52.9 Å². The van der Waals surface area contributed by atoms with Gasteiger partial charge in [-0.05, 0) is 42.3 Å². The smallest absolute Gasteiger partial charge is 0.366 e. The first-order valence-electron chi connectivity index (χ1n) is 14.7. The highest BCUT2D eigenvalue weighted by Gasteiger charge is 2.35. The molecule has 2 heterocycles. The third kappa shape index (κ3) is 6.90. The van der Waals surface area contributed by atoms with E-state index in [-0.39, 0.29) is 17.9 Å². The first kappa shape index (κ1) is 32.6. The molecule has 3 aromatic carbocycles. The maximum atomic E-state index is 14.9. The maximum Gasteiger partial charge on any atom is 0.416 e. The summed E-state index contributed by atoms with van der Waals surface area (Å²) in [5, 5.41) is 0. The van der Waals surface area contributed by atoms with Crippen molar-refractivity contribution >= 4 is 11.6 Å². The van der Waals surface area contributed by atoms with Crippen molar-refractivity contribution in [3.05, 3.63) is 133 Å². The summed E-state index contributed by atoms with van der Waals surface area (Å²) in [6.07, 6.45) is -4.87. The van der Waals surface area contributed by atoms with Crippen molar-refractivity contribution in [2.24, 2.45) is 11.5 Å². The van der Waals surface area contributed by atoms with Crippen LogP contribution in [0.2, 0.25) is 0 Å². The highest BCUT2D eigenvalue weighted by atomic mass is 19.4. The molecule has 46 heavy (non-hydrogen) atoms. The second-order valence-electron chi connectivity index (χ2n) is 11.3. The zero-order valence-corrected chi connectivity index (χ0v) is 25.1. The topological polar surface area (TPSA) is 120 Å². The Labute approximate surface area is 262 Å². The first-order valence-corrected chi connectivity index (χ1v) is 14.7. The molecule has 1 amide bonds. The Kier molecular flexibility index (Phi) is 9.44. The number of carbonyl (C=O) groups is 1. The van der Waals surface area contributed by atoms with E-state index in [0.29, 0.717) is 43.9 Å². The first-order chi connectivity index (χ1) is 21.8. The normalized spacial score (nSPS) is 14.8. The minimum Gasteiger partial charge on any atom is -0.366 e. The highest BCUT2D eigenvalue weighted by Crippen LogP contribution is 2.33. The fraction of sp³-hybridized carbons (Fsp3) is 0.303. The van der Waals surface area contributed by atoms with E-state index in [1.54, 1.807) is 53.4 Å². The summed E-state index contributed by atoms with van der Waals surface area (Å²) in [6, 6.07) is 17.7. The number of anilines is 1. The number of hydrogen-bond acceptors (Lipinski definition) is 6. The number of primary amides is 1. The molecule has 5 rings (SSSR count). The summed E-state index contributed by atoms with van der Waals surface area (Å²) in [7, 11) is 0. The molecule has 242 valence electrons. The molecule has 13 heteroatoms. The van der Waals surface area contributed by atoms with Crippen LogP contribution in [-0.2, 0) is 25.8 Å². The molecule has 1 saturated heterocycles. The molecule has 1 aliphatic rings. The van der Waals surface area contributed by atoms with Crippen LogP contribution in [0.15, 0.2) is 82.4 Å². The van der Waals surface area contributed by atoms with Gasteiger partial charge in [-0.1, -0.05) is 48.5 Å². The van der Waals surface area contributed by atoms with Gasteiger partial charge in [-0.25, -0.2) is 9.18 Å². The number of piperazine rings is 1. The average Bonchev–Trinajstić information content (AvgIpc) is 3.02. The minimum atomic E-state index is -4.87. The molecule has 9 nitrogen and oxygen atoms in total. The molecule has 1 aliphatic heterocycles. The van der Waals surface area contributed by atoms with E-state index >= 15 is 0 Å². The van der Waals surface area contributed by atoms with Crippen LogP contribution in [0.5, 0.6) is 0 Å². The van der Waals surface area contributed by atoms with Crippen LogP contribution in [0.1, 0.15) is 44.3 Å². The van der Waals surface area contributed by atoms with E-state index in [1.165, 1.54) is 6.92 Å². The Balaban J connectivity index is 1.52. The zero-order valence-electron chi connectivity index (χ0n) is 25.1. The SMILES string of the molecule is Cc1c(N2CCN(Cc3cccc(C(N)=O)c3)CC2)c(=O)n(CC(N)c2ccccc2)c(=O)n1Cc1c(F)cccc1C(F)(F)F. The standard InChI is InChI=1S/C33H34F4N6O3/c1-21-29(41-15-13-40(14-16-41)18-22-7-5-10-24(17-22)30(39)44)31(45)43(20-28(38)23-8-3-2-4-9-23)32(46)42(21)19-25-26(33(35,36)37)11-6-12-27(25)34/h2-12,17,28H,13-16,18-20,38H2,1H3,(H2,39,44). The Morgan fingerprint density at radius 2 is 1.57 bits per heavy atom. The van der Waals surface area contributed by atoms with E-state index in [1.807, 2.05) is 6.07 Å². The highest BCUT2D eigenvalue weighted by molar-refractivity contribution is 5.92. The number of halogens is 4. The predicted molar refractivity (Wildman–Crippen MR) is 166 cm³/mol. The molecule has 1 fully saturated rings. The van der Waals surface area contributed by atoms with Gasteiger partial charge in [0.25, 0.3) is 5.56 Å². The monoisotopic (exact) mass is 638 g/mol. The van der Waals surface area contributed by atoms with E-state index in [2.05, 4.69) is 4.90 Å². The Bertz CT molecular complexity index is 1850. The summed E-state index contributed by atoms with van der Waals surface area (Å²) >= 11 is 0. The number of hydrogen-bond donors (Lipinski definition) is 2. The van der Waals surface area contributed by atoms with Crippen LogP contribution in [0.4, 0.5) is 23.2 Å². The third-order valence-corrected chi connectivity index (χ3v) is 8.31. The summed E-state index contributed by atoms with van der Waals surface area (Å²) < 4.78 is 58.6. The van der Waals surface area contributed by atoms with Crippen molar-refractivity contribution in [2.45, 2.75) is 38.8 Å². The summed E-state index contributed by atoms with van der Waals surface area (Å²) in [6.45, 7) is 2.77. The lowest BCUT2D eigenvalue weighted by Crippen LogP contribution is -2.51. The van der Waals surface area contributed by atoms with Crippen molar-refractivity contribution in [2.75, 3.05) is 31.1 Å². The lowest BCUT2D eigenvalue weighted by Gasteiger charge is -2.37. The van der Waals surface area contributed by atoms with E-state index in [9.17, 15) is 31.9 Å². The van der Waals surface area contributed by atoms with Gasteiger partial charge in [-0.3, -0.25) is 23.6 Å². The summed E-state index contributed by atoms with van der Waals surface area (Å²) in [5.41, 5.74) is 10.6. The molecule has 4 aromatic rings. The second-order valence-corrected chi connectivity index (χ2v) is 11.3. The van der Waals surface area contributed by atoms with Crippen LogP contribution in [0.25, 0.3) is 0 Å². The maximum absolute atomic E-state index is 14.9. The number of aromatic nitrogens is 2. The Morgan fingerprint density at radius 1 is 0.891 bits per heavy atom. The van der Waals surface area contributed by atoms with E-state index in [4.69, 9.17) is 11.5 Å². The lowest BCUT2D eigenvalue weighted by atomic mass is 10.1. The van der Waals surface area contributed by atoms with Crippen LogP contribution >= 0.6 is 0 Å². The summed E-state index contributed by atoms with van der Waals surface area (Å²) in [4.78, 5) is 43.3. The number of nitrogens with two attached hydrogens (primary N) is 2. The van der Waals surface area contributed by atoms with Gasteiger partial charge < -0.3 is 16.4 Å². The van der Waals surface area contributed by atoms with Crippen LogP contribution in [0, 0.1) is 12.7 Å². The molecule has 0 bridgehead atoms. The average molecular weight is 639 g/mol. The van der Waals surface area contributed by atoms with Gasteiger partial charge in [0.15, 0.2) is 0 Å². The van der Waals surface area contributed by atoms with Gasteiger partial charge in [-0.15, -0.1) is 0 Å². The lowest BCUT2D eigenvalue weighted by molar-refractivity contribution is -0.138. The predicted octanol–water partition coefficient (Wildman–Crippen LogP) is 3.65. The fourth-order valence-electron chi connectivity index (χ4n) is 5.85. The molecule has 1 unspecified atom stereocenters. The number of nitrogens with zero attached hydrogens (tertiary/aromatic N) is 4. The molecule has 0 saturated carbocycles. The van der Waals surface area contributed by atoms with E-state index in [0.717, 1.165) is 32.9 Å². The number of benzene rings is 3. The van der Waals surface area contributed by atoms with Crippen LogP contribution < -0.4 is 27.6 Å². The largest absolute Gasteiger partial charge is 0.416 e. The zero-order chi connectivity index (χ0) is 33.2. The molecule has 4 N–H and O–H groups in total. The van der Waals surface area contributed by atoms with Crippen molar-refractivity contribution in [3.63, 3.8) is 0 Å².